The van der Waals surface area contributed by atoms with E-state index in [4.69, 9.17) is 20.8 Å². The molecular weight excluding hydrogens is 418 g/mol. The van der Waals surface area contributed by atoms with Gasteiger partial charge >= 0.3 is 0 Å². The van der Waals surface area contributed by atoms with Crippen LogP contribution in [0.15, 0.2) is 76.9 Å². The Labute approximate surface area is 184 Å². The van der Waals surface area contributed by atoms with Gasteiger partial charge in [-0.1, -0.05) is 23.7 Å². The van der Waals surface area contributed by atoms with Crippen LogP contribution in [0.2, 0.25) is 5.02 Å². The number of rotatable bonds is 6. The van der Waals surface area contributed by atoms with Gasteiger partial charge in [-0.3, -0.25) is 9.59 Å². The molecule has 1 unspecified atom stereocenters. The fraction of sp³-hybridized carbons (Fsp3) is 0.167. The Kier molecular flexibility index (Phi) is 5.82. The number of Topliss-reactive ketones (excluding diaryl/α,β-unsaturated/α-hetero) is 1. The van der Waals surface area contributed by atoms with Crippen molar-refractivity contribution in [2.45, 2.75) is 19.5 Å². The maximum absolute atomic E-state index is 13.0. The number of furan rings is 1. The Bertz CT molecular complexity index is 1140. The number of hydrogen-bond donors (Lipinski definition) is 1. The van der Waals surface area contributed by atoms with Crippen LogP contribution in [0.1, 0.15) is 29.9 Å². The Morgan fingerprint density at radius 3 is 2.55 bits per heavy atom. The van der Waals surface area contributed by atoms with Crippen LogP contribution in [0.4, 0.5) is 0 Å². The molecule has 3 aromatic rings. The van der Waals surface area contributed by atoms with E-state index in [-0.39, 0.29) is 17.9 Å². The van der Waals surface area contributed by atoms with Gasteiger partial charge in [-0.2, -0.15) is 0 Å². The molecule has 1 aromatic heterocycles. The zero-order chi connectivity index (χ0) is 22.0. The van der Waals surface area contributed by atoms with Crippen molar-refractivity contribution in [3.63, 3.8) is 0 Å². The quantitative estimate of drug-likeness (QED) is 0.335. The van der Waals surface area contributed by atoms with Crippen molar-refractivity contribution in [3.8, 4) is 5.75 Å². The van der Waals surface area contributed by atoms with Gasteiger partial charge in [0, 0.05) is 10.6 Å². The Morgan fingerprint density at radius 1 is 1.13 bits per heavy atom. The van der Waals surface area contributed by atoms with Crippen molar-refractivity contribution >= 4 is 29.1 Å². The third-order valence-corrected chi connectivity index (χ3v) is 5.28. The third-order valence-electron chi connectivity index (χ3n) is 5.05. The molecule has 1 aliphatic rings. The van der Waals surface area contributed by atoms with Crippen molar-refractivity contribution in [3.05, 3.63) is 94.4 Å². The van der Waals surface area contributed by atoms with Gasteiger partial charge in [0.15, 0.2) is 0 Å². The van der Waals surface area contributed by atoms with Gasteiger partial charge in [0.2, 0.25) is 0 Å². The van der Waals surface area contributed by atoms with Crippen LogP contribution < -0.4 is 4.74 Å². The third kappa shape index (κ3) is 4.07. The molecule has 7 heteroatoms. The molecule has 1 amide bonds. The number of aliphatic hydroxyl groups is 1. The van der Waals surface area contributed by atoms with Crippen LogP contribution in [0, 0.1) is 0 Å². The summed E-state index contributed by atoms with van der Waals surface area (Å²) in [5, 5.41) is 11.5. The summed E-state index contributed by atoms with van der Waals surface area (Å²) in [6.07, 6.45) is 1.50. The molecule has 0 spiro atoms. The summed E-state index contributed by atoms with van der Waals surface area (Å²) in [6.45, 7) is 2.46. The first-order chi connectivity index (χ1) is 15.0. The average molecular weight is 438 g/mol. The molecule has 2 aromatic carbocycles. The summed E-state index contributed by atoms with van der Waals surface area (Å²) in [4.78, 5) is 27.3. The van der Waals surface area contributed by atoms with Crippen molar-refractivity contribution in [2.24, 2.45) is 0 Å². The summed E-state index contributed by atoms with van der Waals surface area (Å²) in [6, 6.07) is 16.2. The summed E-state index contributed by atoms with van der Waals surface area (Å²) in [5.41, 5.74) is 1.03. The van der Waals surface area contributed by atoms with E-state index in [1.54, 1.807) is 60.7 Å². The van der Waals surface area contributed by atoms with Crippen molar-refractivity contribution in [1.82, 2.24) is 4.90 Å². The molecule has 1 N–H and O–H groups in total. The van der Waals surface area contributed by atoms with E-state index in [9.17, 15) is 14.7 Å². The molecule has 0 saturated carbocycles. The fourth-order valence-corrected chi connectivity index (χ4v) is 3.87. The van der Waals surface area contributed by atoms with Gasteiger partial charge in [-0.15, -0.1) is 0 Å². The normalized spacial score (nSPS) is 17.9. The lowest BCUT2D eigenvalue weighted by molar-refractivity contribution is -0.140. The molecule has 6 nitrogen and oxygen atoms in total. The van der Waals surface area contributed by atoms with Crippen LogP contribution in [0.25, 0.3) is 5.76 Å². The Balaban J connectivity index is 1.82. The number of benzene rings is 2. The van der Waals surface area contributed by atoms with Gasteiger partial charge in [-0.05, 0) is 61.0 Å². The van der Waals surface area contributed by atoms with Crippen LogP contribution in [-0.4, -0.2) is 28.3 Å². The van der Waals surface area contributed by atoms with Gasteiger partial charge in [0.05, 0.1) is 31.0 Å². The van der Waals surface area contributed by atoms with Gasteiger partial charge < -0.3 is 19.2 Å². The number of amides is 1. The summed E-state index contributed by atoms with van der Waals surface area (Å²) < 4.78 is 10.8. The van der Waals surface area contributed by atoms with E-state index in [0.29, 0.717) is 34.3 Å². The second kappa shape index (κ2) is 8.70. The number of carbonyl (C=O) groups is 2. The summed E-state index contributed by atoms with van der Waals surface area (Å²) >= 11 is 6.18. The fourth-order valence-electron chi connectivity index (χ4n) is 3.67. The van der Waals surface area contributed by atoms with Gasteiger partial charge in [0.1, 0.15) is 17.3 Å². The number of halogens is 1. The smallest absolute Gasteiger partial charge is 0.296 e. The second-order valence-electron chi connectivity index (χ2n) is 7.02. The highest BCUT2D eigenvalue weighted by atomic mass is 35.5. The molecule has 2 heterocycles. The number of likely N-dealkylation sites (tertiary alicyclic amines) is 1. The maximum atomic E-state index is 13.0. The minimum Gasteiger partial charge on any atom is -0.507 e. The van der Waals surface area contributed by atoms with Crippen LogP contribution in [-0.2, 0) is 16.1 Å². The first-order valence-electron chi connectivity index (χ1n) is 9.79. The monoisotopic (exact) mass is 437 g/mol. The number of carbonyl (C=O) groups excluding carboxylic acids is 2. The minimum absolute atomic E-state index is 0.00276. The molecule has 4 rings (SSSR count). The summed E-state index contributed by atoms with van der Waals surface area (Å²) in [7, 11) is 0. The number of aliphatic hydroxyl groups excluding tert-OH is 1. The summed E-state index contributed by atoms with van der Waals surface area (Å²) in [5.74, 6) is -0.566. The SMILES string of the molecule is CCOc1ccc(/C(O)=C2\C(=O)C(=O)N(Cc3ccco3)C2c2cccc(Cl)c2)cc1. The standard InChI is InChI=1S/C24H20ClNO5/c1-2-30-18-10-8-15(9-11-18)22(27)20-21(16-5-3-6-17(25)13-16)26(24(29)23(20)28)14-19-7-4-12-31-19/h3-13,21,27H,2,14H2,1H3/b22-20+. The lowest BCUT2D eigenvalue weighted by Gasteiger charge is -2.24. The molecular formula is C24H20ClNO5. The molecule has 1 aliphatic heterocycles. The van der Waals surface area contributed by atoms with Crippen LogP contribution >= 0.6 is 11.6 Å². The molecule has 1 fully saturated rings. The Hall–Kier alpha value is -3.51. The van der Waals surface area contributed by atoms with Gasteiger partial charge in [-0.25, -0.2) is 0 Å². The minimum atomic E-state index is -0.810. The number of hydrogen-bond acceptors (Lipinski definition) is 5. The van der Waals surface area contributed by atoms with E-state index in [1.165, 1.54) is 11.2 Å². The highest BCUT2D eigenvalue weighted by Crippen LogP contribution is 2.41. The zero-order valence-corrected chi connectivity index (χ0v) is 17.5. The van der Waals surface area contributed by atoms with E-state index in [0.717, 1.165) is 0 Å². The topological polar surface area (TPSA) is 80.0 Å². The average Bonchev–Trinajstić information content (AvgIpc) is 3.36. The molecule has 0 radical (unpaired) electrons. The van der Waals surface area contributed by atoms with Crippen molar-refractivity contribution in [1.29, 1.82) is 0 Å². The highest BCUT2D eigenvalue weighted by Gasteiger charge is 2.46. The van der Waals surface area contributed by atoms with E-state index in [1.807, 2.05) is 6.92 Å². The first-order valence-corrected chi connectivity index (χ1v) is 10.2. The zero-order valence-electron chi connectivity index (χ0n) is 16.7. The van der Waals surface area contributed by atoms with Gasteiger partial charge in [0.25, 0.3) is 11.7 Å². The number of ether oxygens (including phenoxy) is 1. The predicted octanol–water partition coefficient (Wildman–Crippen LogP) is 4.95. The second-order valence-corrected chi connectivity index (χ2v) is 7.46. The number of ketones is 1. The molecule has 0 bridgehead atoms. The van der Waals surface area contributed by atoms with E-state index < -0.39 is 17.7 Å². The lowest BCUT2D eigenvalue weighted by atomic mass is 9.95. The largest absolute Gasteiger partial charge is 0.507 e. The molecule has 1 saturated heterocycles. The van der Waals surface area contributed by atoms with Crippen molar-refractivity contribution < 1.29 is 23.8 Å². The van der Waals surface area contributed by atoms with Crippen molar-refractivity contribution in [2.75, 3.05) is 6.61 Å². The molecule has 0 aliphatic carbocycles. The molecule has 1 atom stereocenters. The lowest BCUT2D eigenvalue weighted by Crippen LogP contribution is -2.29. The first kappa shape index (κ1) is 20.8. The van der Waals surface area contributed by atoms with E-state index >= 15 is 0 Å². The maximum Gasteiger partial charge on any atom is 0.296 e. The Morgan fingerprint density at radius 2 is 1.90 bits per heavy atom. The van der Waals surface area contributed by atoms with Crippen LogP contribution in [0.3, 0.4) is 0 Å². The van der Waals surface area contributed by atoms with E-state index in [2.05, 4.69) is 0 Å². The molecule has 158 valence electrons. The predicted molar refractivity (Wildman–Crippen MR) is 116 cm³/mol. The molecule has 31 heavy (non-hydrogen) atoms. The van der Waals surface area contributed by atoms with Crippen LogP contribution in [0.5, 0.6) is 5.75 Å². The highest BCUT2D eigenvalue weighted by molar-refractivity contribution is 6.46. The number of nitrogens with zero attached hydrogens (tertiary/aromatic N) is 1.